The van der Waals surface area contributed by atoms with Crippen LogP contribution in [0, 0.1) is 0 Å². The minimum absolute atomic E-state index is 0.196. The summed E-state index contributed by atoms with van der Waals surface area (Å²) in [6, 6.07) is 6.11. The van der Waals surface area contributed by atoms with Gasteiger partial charge in [-0.25, -0.2) is 13.9 Å². The van der Waals surface area contributed by atoms with Gasteiger partial charge in [0.25, 0.3) is 5.91 Å². The number of thiophene rings is 1. The lowest BCUT2D eigenvalue weighted by molar-refractivity contribution is -0.133. The maximum Gasteiger partial charge on any atom is 0.263 e. The zero-order chi connectivity index (χ0) is 18.7. The fourth-order valence-electron chi connectivity index (χ4n) is 2.16. The lowest BCUT2D eigenvalue weighted by Crippen LogP contribution is -2.49. The minimum Gasteiger partial charge on any atom is -0.374 e. The predicted molar refractivity (Wildman–Crippen MR) is 97.0 cm³/mol. The number of hydrogen-bond acceptors (Lipinski definition) is 6. The number of carbonyl (C=O) groups excluding carboxylic acids is 1. The summed E-state index contributed by atoms with van der Waals surface area (Å²) in [6.07, 6.45) is 0. The second-order valence-corrected chi connectivity index (χ2v) is 9.32. The zero-order valence-corrected chi connectivity index (χ0v) is 15.9. The number of sulfonamides is 1. The Morgan fingerprint density at radius 2 is 2.04 bits per heavy atom. The van der Waals surface area contributed by atoms with E-state index in [9.17, 15) is 13.2 Å². The summed E-state index contributed by atoms with van der Waals surface area (Å²) in [7, 11) is -3.81. The Balaban J connectivity index is 2.11. The third-order valence-electron chi connectivity index (χ3n) is 3.31. The van der Waals surface area contributed by atoms with Crippen molar-refractivity contribution in [3.63, 3.8) is 0 Å². The molecule has 3 N–H and O–H groups in total. The van der Waals surface area contributed by atoms with Gasteiger partial charge in [0.05, 0.1) is 18.0 Å². The molecule has 138 valence electrons. The van der Waals surface area contributed by atoms with Gasteiger partial charge in [-0.2, -0.15) is 4.72 Å². The number of hydroxylamine groups is 1. The van der Waals surface area contributed by atoms with Crippen LogP contribution in [0.15, 0.2) is 29.6 Å². The average Bonchev–Trinajstić information content (AvgIpc) is 2.96. The molecule has 1 amide bonds. The van der Waals surface area contributed by atoms with Crippen LogP contribution in [0.5, 0.6) is 0 Å². The van der Waals surface area contributed by atoms with Crippen molar-refractivity contribution < 1.29 is 23.2 Å². The fraction of sp³-hybridized carbons (Fsp3) is 0.438. The van der Waals surface area contributed by atoms with Crippen LogP contribution >= 0.6 is 11.3 Å². The molecule has 1 heterocycles. The van der Waals surface area contributed by atoms with E-state index >= 15 is 0 Å². The van der Waals surface area contributed by atoms with Crippen molar-refractivity contribution >= 4 is 37.4 Å². The van der Waals surface area contributed by atoms with Gasteiger partial charge >= 0.3 is 0 Å². The number of carbonyl (C=O) groups is 1. The van der Waals surface area contributed by atoms with E-state index in [2.05, 4.69) is 4.72 Å². The molecular weight excluding hydrogens is 364 g/mol. The number of fused-ring (bicyclic) bond motifs is 1. The van der Waals surface area contributed by atoms with Gasteiger partial charge in [-0.15, -0.1) is 11.3 Å². The maximum absolute atomic E-state index is 12.4. The molecule has 0 radical (unpaired) electrons. The van der Waals surface area contributed by atoms with Gasteiger partial charge in [0, 0.05) is 4.70 Å². The van der Waals surface area contributed by atoms with Gasteiger partial charge in [0.15, 0.2) is 0 Å². The highest BCUT2D eigenvalue weighted by molar-refractivity contribution is 7.88. The van der Waals surface area contributed by atoms with Gasteiger partial charge in [-0.05, 0) is 55.3 Å². The molecule has 2 rings (SSSR count). The average molecular weight is 386 g/mol. The van der Waals surface area contributed by atoms with E-state index in [1.807, 2.05) is 17.5 Å². The standard InChI is InChI=1S/C16H22N2O5S2/c1-16(2,3)23-9-13(15(19)17-20)18-25(21,22)10-11-4-5-14-12(8-11)6-7-24-14/h4-8,13,18,20H,9-10H2,1-3H3,(H,17,19)/t13-/m1/s1. The van der Waals surface area contributed by atoms with Crippen molar-refractivity contribution in [1.29, 1.82) is 0 Å². The molecule has 0 saturated carbocycles. The molecule has 1 aromatic carbocycles. The molecule has 2 aromatic rings. The van der Waals surface area contributed by atoms with Crippen molar-refractivity contribution in [2.24, 2.45) is 0 Å². The molecule has 1 atom stereocenters. The van der Waals surface area contributed by atoms with Crippen molar-refractivity contribution in [2.75, 3.05) is 6.61 Å². The topological polar surface area (TPSA) is 105 Å². The summed E-state index contributed by atoms with van der Waals surface area (Å²) in [5, 5.41) is 11.7. The van der Waals surface area contributed by atoms with Crippen molar-refractivity contribution in [3.05, 3.63) is 35.2 Å². The number of benzene rings is 1. The van der Waals surface area contributed by atoms with Crippen LogP contribution in [-0.2, 0) is 25.3 Å². The molecule has 0 saturated heterocycles. The molecule has 7 nitrogen and oxygen atoms in total. The normalized spacial score (nSPS) is 13.8. The van der Waals surface area contributed by atoms with Gasteiger partial charge in [-0.3, -0.25) is 10.0 Å². The van der Waals surface area contributed by atoms with Crippen LogP contribution in [0.2, 0.25) is 0 Å². The first kappa shape index (κ1) is 19.8. The van der Waals surface area contributed by atoms with Gasteiger partial charge < -0.3 is 4.74 Å². The highest BCUT2D eigenvalue weighted by Crippen LogP contribution is 2.22. The third kappa shape index (κ3) is 6.05. The van der Waals surface area contributed by atoms with Gasteiger partial charge in [-0.1, -0.05) is 6.07 Å². The molecule has 25 heavy (non-hydrogen) atoms. The van der Waals surface area contributed by atoms with Crippen LogP contribution in [0.3, 0.4) is 0 Å². The first-order valence-electron chi connectivity index (χ1n) is 7.64. The Morgan fingerprint density at radius 3 is 2.68 bits per heavy atom. The second-order valence-electron chi connectivity index (χ2n) is 6.62. The van der Waals surface area contributed by atoms with Gasteiger partial charge in [0.1, 0.15) is 6.04 Å². The predicted octanol–water partition coefficient (Wildman–Crippen LogP) is 2.01. The summed E-state index contributed by atoms with van der Waals surface area (Å²) >= 11 is 1.58. The molecular formula is C16H22N2O5S2. The van der Waals surface area contributed by atoms with Crippen LogP contribution < -0.4 is 10.2 Å². The van der Waals surface area contributed by atoms with E-state index in [0.29, 0.717) is 5.56 Å². The highest BCUT2D eigenvalue weighted by Gasteiger charge is 2.26. The first-order valence-corrected chi connectivity index (χ1v) is 10.2. The zero-order valence-electron chi connectivity index (χ0n) is 14.3. The lowest BCUT2D eigenvalue weighted by atomic mass is 10.2. The summed E-state index contributed by atoms with van der Waals surface area (Å²) in [4.78, 5) is 11.7. The number of hydrogen-bond donors (Lipinski definition) is 3. The Hall–Kier alpha value is -1.52. The molecule has 0 aliphatic rings. The minimum atomic E-state index is -3.81. The molecule has 0 fully saturated rings. The highest BCUT2D eigenvalue weighted by atomic mass is 32.2. The van der Waals surface area contributed by atoms with E-state index in [-0.39, 0.29) is 12.4 Å². The summed E-state index contributed by atoms with van der Waals surface area (Å²) in [6.45, 7) is 5.15. The van der Waals surface area contributed by atoms with Gasteiger partial charge in [0.2, 0.25) is 10.0 Å². The SMILES string of the molecule is CC(C)(C)OC[C@@H](NS(=O)(=O)Cc1ccc2sccc2c1)C(=O)NO. The third-order valence-corrected chi connectivity index (χ3v) is 5.56. The van der Waals surface area contributed by atoms with Crippen molar-refractivity contribution in [1.82, 2.24) is 10.2 Å². The summed E-state index contributed by atoms with van der Waals surface area (Å²) in [5.41, 5.74) is 1.52. The summed E-state index contributed by atoms with van der Waals surface area (Å²) in [5.74, 6) is -1.15. The maximum atomic E-state index is 12.4. The Kier molecular flexibility index (Phi) is 6.17. The molecule has 0 bridgehead atoms. The van der Waals surface area contributed by atoms with E-state index in [1.165, 1.54) is 5.48 Å². The quantitative estimate of drug-likeness (QED) is 0.499. The van der Waals surface area contributed by atoms with Crippen LogP contribution in [0.1, 0.15) is 26.3 Å². The van der Waals surface area contributed by atoms with E-state index in [1.54, 1.807) is 44.2 Å². The molecule has 0 spiro atoms. The molecule has 0 aliphatic carbocycles. The van der Waals surface area contributed by atoms with Crippen molar-refractivity contribution in [2.45, 2.75) is 38.2 Å². The first-order chi connectivity index (χ1) is 11.6. The largest absolute Gasteiger partial charge is 0.374 e. The number of amides is 1. The lowest BCUT2D eigenvalue weighted by Gasteiger charge is -2.24. The van der Waals surface area contributed by atoms with E-state index in [4.69, 9.17) is 9.94 Å². The Morgan fingerprint density at radius 1 is 1.32 bits per heavy atom. The smallest absolute Gasteiger partial charge is 0.263 e. The van der Waals surface area contributed by atoms with Crippen LogP contribution in [-0.4, -0.2) is 37.8 Å². The molecule has 0 aliphatic heterocycles. The Bertz CT molecular complexity index is 840. The summed E-state index contributed by atoms with van der Waals surface area (Å²) < 4.78 is 33.6. The van der Waals surface area contributed by atoms with E-state index in [0.717, 1.165) is 10.1 Å². The van der Waals surface area contributed by atoms with Crippen LogP contribution in [0.4, 0.5) is 0 Å². The molecule has 0 unspecified atom stereocenters. The fourth-order valence-corrected chi connectivity index (χ4v) is 4.24. The Labute approximate surface area is 151 Å². The number of ether oxygens (including phenoxy) is 1. The monoisotopic (exact) mass is 386 g/mol. The number of rotatable bonds is 7. The van der Waals surface area contributed by atoms with Crippen LogP contribution in [0.25, 0.3) is 10.1 Å². The molecule has 1 aromatic heterocycles. The number of nitrogens with one attached hydrogen (secondary N) is 2. The molecule has 9 heteroatoms. The second kappa shape index (κ2) is 7.79. The van der Waals surface area contributed by atoms with Crippen molar-refractivity contribution in [3.8, 4) is 0 Å². The van der Waals surface area contributed by atoms with E-state index < -0.39 is 27.6 Å².